The first-order chi connectivity index (χ1) is 8.74. The summed E-state index contributed by atoms with van der Waals surface area (Å²) in [5.41, 5.74) is 1.84. The second-order valence-corrected chi connectivity index (χ2v) is 5.15. The highest BCUT2D eigenvalue weighted by Gasteiger charge is 2.05. The number of nitrogens with one attached hydrogen (secondary N) is 1. The van der Waals surface area contributed by atoms with Gasteiger partial charge in [0.2, 0.25) is 0 Å². The van der Waals surface area contributed by atoms with Gasteiger partial charge in [-0.3, -0.25) is 4.68 Å². The molecule has 3 rings (SSSR count). The Labute approximate surface area is 117 Å². The van der Waals surface area contributed by atoms with Crippen LogP contribution in [0, 0.1) is 4.64 Å². The molecule has 0 aliphatic carbocycles. The first kappa shape index (κ1) is 11.6. The summed E-state index contributed by atoms with van der Waals surface area (Å²) in [5.74, 6) is 0. The normalized spacial score (nSPS) is 10.9. The van der Waals surface area contributed by atoms with E-state index in [4.69, 9.17) is 12.2 Å². The summed E-state index contributed by atoms with van der Waals surface area (Å²) in [5, 5.41) is 5.28. The Morgan fingerprint density at radius 3 is 2.94 bits per heavy atom. The fourth-order valence-electron chi connectivity index (χ4n) is 1.78. The number of aromatic nitrogens is 4. The molecule has 90 valence electrons. The Bertz CT molecular complexity index is 762. The van der Waals surface area contributed by atoms with Crippen LogP contribution in [0.15, 0.2) is 41.3 Å². The van der Waals surface area contributed by atoms with E-state index in [1.165, 1.54) is 5.56 Å². The summed E-state index contributed by atoms with van der Waals surface area (Å²) in [4.78, 5) is 7.06. The van der Waals surface area contributed by atoms with Gasteiger partial charge in [-0.15, -0.1) is 0 Å². The van der Waals surface area contributed by atoms with Crippen LogP contribution in [0.1, 0.15) is 5.56 Å². The lowest BCUT2D eigenvalue weighted by atomic mass is 10.2. The van der Waals surface area contributed by atoms with Crippen LogP contribution in [0.2, 0.25) is 0 Å². The third-order valence-electron chi connectivity index (χ3n) is 2.66. The van der Waals surface area contributed by atoms with E-state index >= 15 is 0 Å². The predicted molar refractivity (Wildman–Crippen MR) is 76.0 cm³/mol. The van der Waals surface area contributed by atoms with E-state index in [2.05, 4.69) is 37.1 Å². The number of aromatic amines is 1. The van der Waals surface area contributed by atoms with E-state index in [1.54, 1.807) is 6.33 Å². The van der Waals surface area contributed by atoms with Gasteiger partial charge in [0.05, 0.1) is 18.3 Å². The molecule has 1 N–H and O–H groups in total. The molecular weight excluding hydrogens is 312 g/mol. The number of hydrogen-bond acceptors (Lipinski definition) is 3. The SMILES string of the molecule is S=c1[nH]cnc2nn(Cc3ccccc3Br)cc12. The van der Waals surface area contributed by atoms with Gasteiger partial charge < -0.3 is 4.98 Å². The van der Waals surface area contributed by atoms with Crippen molar-refractivity contribution in [2.45, 2.75) is 6.54 Å². The van der Waals surface area contributed by atoms with E-state index in [0.717, 1.165) is 9.86 Å². The van der Waals surface area contributed by atoms with Crippen molar-refractivity contribution in [2.75, 3.05) is 0 Å². The maximum atomic E-state index is 5.20. The van der Waals surface area contributed by atoms with Gasteiger partial charge in [-0.25, -0.2) is 4.98 Å². The Kier molecular flexibility index (Phi) is 2.97. The lowest BCUT2D eigenvalue weighted by Gasteiger charge is -2.03. The van der Waals surface area contributed by atoms with Gasteiger partial charge in [0.1, 0.15) is 4.64 Å². The number of nitrogens with zero attached hydrogens (tertiary/aromatic N) is 3. The Morgan fingerprint density at radius 1 is 1.33 bits per heavy atom. The minimum absolute atomic E-state index is 0.665. The zero-order valence-electron chi connectivity index (χ0n) is 9.30. The van der Waals surface area contributed by atoms with E-state index < -0.39 is 0 Å². The van der Waals surface area contributed by atoms with Crippen molar-refractivity contribution in [2.24, 2.45) is 0 Å². The quantitative estimate of drug-likeness (QED) is 0.737. The molecule has 0 spiro atoms. The minimum atomic E-state index is 0.665. The Morgan fingerprint density at radius 2 is 2.17 bits per heavy atom. The largest absolute Gasteiger partial charge is 0.337 e. The average molecular weight is 321 g/mol. The fraction of sp³-hybridized carbons (Fsp3) is 0.0833. The van der Waals surface area contributed by atoms with Gasteiger partial charge in [-0.05, 0) is 11.6 Å². The van der Waals surface area contributed by atoms with Crippen LogP contribution in [-0.4, -0.2) is 19.7 Å². The van der Waals surface area contributed by atoms with Gasteiger partial charge in [-0.1, -0.05) is 46.3 Å². The van der Waals surface area contributed by atoms with Crippen molar-refractivity contribution in [3.8, 4) is 0 Å². The van der Waals surface area contributed by atoms with Gasteiger partial charge in [0.15, 0.2) is 5.65 Å². The molecule has 1 aromatic carbocycles. The van der Waals surface area contributed by atoms with Crippen LogP contribution in [0.4, 0.5) is 0 Å². The molecule has 18 heavy (non-hydrogen) atoms. The van der Waals surface area contributed by atoms with E-state index in [9.17, 15) is 0 Å². The summed E-state index contributed by atoms with van der Waals surface area (Å²) in [6.07, 6.45) is 3.49. The summed E-state index contributed by atoms with van der Waals surface area (Å²) in [6.45, 7) is 0.687. The van der Waals surface area contributed by atoms with Crippen molar-refractivity contribution in [3.05, 3.63) is 51.5 Å². The first-order valence-corrected chi connectivity index (χ1v) is 6.58. The number of fused-ring (bicyclic) bond motifs is 1. The van der Waals surface area contributed by atoms with Crippen molar-refractivity contribution in [1.29, 1.82) is 0 Å². The molecule has 2 heterocycles. The highest BCUT2D eigenvalue weighted by Crippen LogP contribution is 2.18. The number of benzene rings is 1. The molecule has 0 atom stereocenters. The smallest absolute Gasteiger partial charge is 0.185 e. The summed E-state index contributed by atoms with van der Waals surface area (Å²) in [6, 6.07) is 8.08. The van der Waals surface area contributed by atoms with Crippen LogP contribution in [-0.2, 0) is 6.54 Å². The number of rotatable bonds is 2. The second-order valence-electron chi connectivity index (χ2n) is 3.89. The third-order valence-corrected chi connectivity index (χ3v) is 3.77. The molecule has 4 nitrogen and oxygen atoms in total. The maximum Gasteiger partial charge on any atom is 0.185 e. The molecule has 6 heteroatoms. The molecule has 0 unspecified atom stereocenters. The van der Waals surface area contributed by atoms with E-state index in [-0.39, 0.29) is 0 Å². The monoisotopic (exact) mass is 320 g/mol. The fourth-order valence-corrected chi connectivity index (χ4v) is 2.39. The lowest BCUT2D eigenvalue weighted by molar-refractivity contribution is 0.691. The molecular formula is C12H9BrN4S. The third kappa shape index (κ3) is 2.09. The summed E-state index contributed by atoms with van der Waals surface area (Å²) >= 11 is 8.73. The number of halogens is 1. The topological polar surface area (TPSA) is 46.5 Å². The Hall–Kier alpha value is -1.53. The zero-order chi connectivity index (χ0) is 12.5. The minimum Gasteiger partial charge on any atom is -0.337 e. The average Bonchev–Trinajstić information content (AvgIpc) is 2.76. The van der Waals surface area contributed by atoms with Gasteiger partial charge >= 0.3 is 0 Å². The molecule has 0 aliphatic rings. The van der Waals surface area contributed by atoms with Gasteiger partial charge in [0, 0.05) is 10.7 Å². The van der Waals surface area contributed by atoms with Crippen molar-refractivity contribution >= 4 is 39.2 Å². The molecule has 0 aliphatic heterocycles. The van der Waals surface area contributed by atoms with Crippen molar-refractivity contribution in [3.63, 3.8) is 0 Å². The predicted octanol–water partition coefficient (Wildman–Crippen LogP) is 3.30. The van der Waals surface area contributed by atoms with Gasteiger partial charge in [0.25, 0.3) is 0 Å². The molecule has 0 radical (unpaired) electrons. The molecule has 2 aromatic heterocycles. The first-order valence-electron chi connectivity index (χ1n) is 5.38. The number of hydrogen-bond donors (Lipinski definition) is 1. The Balaban J connectivity index is 2.04. The molecule has 0 saturated carbocycles. The van der Waals surface area contributed by atoms with Crippen molar-refractivity contribution < 1.29 is 0 Å². The van der Waals surface area contributed by atoms with Crippen LogP contribution >= 0.6 is 28.1 Å². The zero-order valence-corrected chi connectivity index (χ0v) is 11.7. The molecule has 3 aromatic rings. The second kappa shape index (κ2) is 4.62. The van der Waals surface area contributed by atoms with Gasteiger partial charge in [-0.2, -0.15) is 5.10 Å². The maximum absolute atomic E-state index is 5.20. The van der Waals surface area contributed by atoms with Crippen LogP contribution in [0.3, 0.4) is 0 Å². The standard InChI is InChI=1S/C12H9BrN4S/c13-10-4-2-1-3-8(10)5-17-6-9-11(16-17)14-7-15-12(9)18/h1-4,6-7H,5H2,(H,14,15,16,18). The summed E-state index contributed by atoms with van der Waals surface area (Å²) in [7, 11) is 0. The highest BCUT2D eigenvalue weighted by atomic mass is 79.9. The lowest BCUT2D eigenvalue weighted by Crippen LogP contribution is -2.00. The van der Waals surface area contributed by atoms with Crippen molar-refractivity contribution in [1.82, 2.24) is 19.7 Å². The molecule has 0 fully saturated rings. The molecule has 0 saturated heterocycles. The van der Waals surface area contributed by atoms with E-state index in [1.807, 2.05) is 29.1 Å². The van der Waals surface area contributed by atoms with Crippen LogP contribution in [0.5, 0.6) is 0 Å². The number of H-pyrrole nitrogens is 1. The highest BCUT2D eigenvalue weighted by molar-refractivity contribution is 9.10. The van der Waals surface area contributed by atoms with Crippen LogP contribution in [0.25, 0.3) is 11.0 Å². The molecule has 0 amide bonds. The van der Waals surface area contributed by atoms with Crippen LogP contribution < -0.4 is 0 Å². The summed E-state index contributed by atoms with van der Waals surface area (Å²) < 4.78 is 3.59. The van der Waals surface area contributed by atoms with E-state index in [0.29, 0.717) is 16.8 Å². The molecule has 0 bridgehead atoms.